The van der Waals surface area contributed by atoms with Crippen LogP contribution in [0.15, 0.2) is 60.9 Å². The lowest BCUT2D eigenvalue weighted by Gasteiger charge is -2.18. The first-order valence-corrected chi connectivity index (χ1v) is 12.9. The Morgan fingerprint density at radius 3 is 2.71 bits per heavy atom. The second kappa shape index (κ2) is 13.1. The number of nitrogens with zero attached hydrogens (tertiary/aromatic N) is 3. The van der Waals surface area contributed by atoms with Gasteiger partial charge < -0.3 is 25.0 Å². The number of likely N-dealkylation sites (N-methyl/N-ethyl adjacent to an activating group) is 1. The molecule has 2 N–H and O–H groups in total. The molecule has 1 aliphatic rings. The normalized spacial score (nSPS) is 14.1. The van der Waals surface area contributed by atoms with E-state index in [1.807, 2.05) is 30.1 Å². The average molecular weight is 518 g/mol. The zero-order chi connectivity index (χ0) is 26.9. The third-order valence-electron chi connectivity index (χ3n) is 6.41. The Morgan fingerprint density at radius 2 is 1.97 bits per heavy atom. The van der Waals surface area contributed by atoms with Crippen LogP contribution in [0.2, 0.25) is 0 Å². The van der Waals surface area contributed by atoms with Crippen LogP contribution < -0.4 is 15.4 Å². The molecular formula is C29H35N5O4. The van der Waals surface area contributed by atoms with Crippen LogP contribution in [0, 0.1) is 5.92 Å². The Balaban J connectivity index is 1.56. The van der Waals surface area contributed by atoms with Crippen LogP contribution in [0.3, 0.4) is 0 Å². The fourth-order valence-electron chi connectivity index (χ4n) is 3.97. The Kier molecular flexibility index (Phi) is 9.40. The first-order valence-electron chi connectivity index (χ1n) is 12.9. The van der Waals surface area contributed by atoms with Crippen LogP contribution in [0.4, 0.5) is 11.5 Å². The zero-order valence-electron chi connectivity index (χ0n) is 22.1. The molecule has 3 aromatic rings. The van der Waals surface area contributed by atoms with E-state index < -0.39 is 0 Å². The van der Waals surface area contributed by atoms with Crippen molar-refractivity contribution >= 4 is 34.1 Å². The molecular weight excluding hydrogens is 482 g/mol. The standard InChI is InChI=1S/C29H35N5O4/c1-20(21-8-5-4-6-9-21)32-29-23-16-25(33-28(36)10-7-13-34(2)14-15-37-3)27(17-24(23)30-19-31-29)38-18-26(35)22-11-12-22/h4-10,16-17,19-20,22H,11-15,18H2,1-3H3,(H,33,36)(H,30,31,32)/t20-/m1/s1. The molecule has 9 nitrogen and oxygen atoms in total. The van der Waals surface area contributed by atoms with Crippen molar-refractivity contribution in [2.45, 2.75) is 25.8 Å². The molecule has 200 valence electrons. The maximum Gasteiger partial charge on any atom is 0.248 e. The Bertz CT molecular complexity index is 1280. The number of aromatic nitrogens is 2. The van der Waals surface area contributed by atoms with Gasteiger partial charge in [0, 0.05) is 49.7 Å². The highest BCUT2D eigenvalue weighted by molar-refractivity contribution is 6.03. The van der Waals surface area contributed by atoms with E-state index in [2.05, 4.69) is 39.7 Å². The van der Waals surface area contributed by atoms with E-state index in [1.54, 1.807) is 25.3 Å². The van der Waals surface area contributed by atoms with Gasteiger partial charge in [-0.1, -0.05) is 36.4 Å². The van der Waals surface area contributed by atoms with Gasteiger partial charge in [0.15, 0.2) is 5.78 Å². The number of ketones is 1. The molecule has 1 aliphatic carbocycles. The summed E-state index contributed by atoms with van der Waals surface area (Å²) in [6.45, 7) is 4.00. The summed E-state index contributed by atoms with van der Waals surface area (Å²) in [5.74, 6) is 0.892. The van der Waals surface area contributed by atoms with E-state index in [1.165, 1.54) is 12.4 Å². The summed E-state index contributed by atoms with van der Waals surface area (Å²) in [4.78, 5) is 36.0. The lowest BCUT2D eigenvalue weighted by molar-refractivity contribution is -0.122. The number of methoxy groups -OCH3 is 1. The highest BCUT2D eigenvalue weighted by atomic mass is 16.5. The molecule has 38 heavy (non-hydrogen) atoms. The molecule has 1 heterocycles. The topological polar surface area (TPSA) is 106 Å². The maximum atomic E-state index is 12.8. The number of nitrogens with one attached hydrogen (secondary N) is 2. The smallest absolute Gasteiger partial charge is 0.248 e. The molecule has 0 unspecified atom stereocenters. The number of rotatable bonds is 14. The number of ether oxygens (including phenoxy) is 2. The van der Waals surface area contributed by atoms with Gasteiger partial charge in [-0.3, -0.25) is 9.59 Å². The number of Topliss-reactive ketones (excluding diaryl/α,β-unsaturated/α-hetero) is 1. The Labute approximate surface area is 223 Å². The minimum Gasteiger partial charge on any atom is -0.484 e. The van der Waals surface area contributed by atoms with Gasteiger partial charge in [0.1, 0.15) is 24.5 Å². The van der Waals surface area contributed by atoms with Crippen molar-refractivity contribution in [2.75, 3.05) is 51.1 Å². The summed E-state index contributed by atoms with van der Waals surface area (Å²) in [7, 11) is 3.62. The summed E-state index contributed by atoms with van der Waals surface area (Å²) >= 11 is 0. The van der Waals surface area contributed by atoms with Crippen molar-refractivity contribution in [2.24, 2.45) is 5.92 Å². The SMILES string of the molecule is COCCN(C)CC=CC(=O)Nc1cc2c(N[C@H](C)c3ccccc3)ncnc2cc1OCC(=O)C1CC1. The fourth-order valence-corrected chi connectivity index (χ4v) is 3.97. The van der Waals surface area contributed by atoms with Gasteiger partial charge in [0.05, 0.1) is 17.8 Å². The molecule has 1 fully saturated rings. The molecule has 2 aromatic carbocycles. The highest BCUT2D eigenvalue weighted by Crippen LogP contribution is 2.35. The fraction of sp³-hybridized carbons (Fsp3) is 0.379. The minimum atomic E-state index is -0.299. The van der Waals surface area contributed by atoms with Gasteiger partial charge in [-0.25, -0.2) is 9.97 Å². The van der Waals surface area contributed by atoms with Crippen molar-refractivity contribution in [3.05, 3.63) is 66.5 Å². The van der Waals surface area contributed by atoms with Gasteiger partial charge in [-0.05, 0) is 38.4 Å². The molecule has 1 saturated carbocycles. The molecule has 9 heteroatoms. The minimum absolute atomic E-state index is 0.00235. The lowest BCUT2D eigenvalue weighted by Crippen LogP contribution is -2.23. The maximum absolute atomic E-state index is 12.8. The van der Waals surface area contributed by atoms with Crippen LogP contribution in [-0.4, -0.2) is 67.0 Å². The number of benzene rings is 2. The molecule has 1 aromatic heterocycles. The molecule has 0 radical (unpaired) electrons. The van der Waals surface area contributed by atoms with Crippen molar-refractivity contribution in [3.63, 3.8) is 0 Å². The number of anilines is 2. The van der Waals surface area contributed by atoms with Gasteiger partial charge >= 0.3 is 0 Å². The van der Waals surface area contributed by atoms with Crippen LogP contribution in [0.5, 0.6) is 5.75 Å². The number of hydrogen-bond donors (Lipinski definition) is 2. The molecule has 1 amide bonds. The average Bonchev–Trinajstić information content (AvgIpc) is 3.77. The second-order valence-corrected chi connectivity index (χ2v) is 9.54. The third kappa shape index (κ3) is 7.60. The first-order chi connectivity index (χ1) is 18.4. The second-order valence-electron chi connectivity index (χ2n) is 9.54. The monoisotopic (exact) mass is 517 g/mol. The summed E-state index contributed by atoms with van der Waals surface area (Å²) in [6, 6.07) is 13.6. The Hall–Kier alpha value is -3.82. The molecule has 4 rings (SSSR count). The largest absolute Gasteiger partial charge is 0.484 e. The molecule has 0 bridgehead atoms. The predicted molar refractivity (Wildman–Crippen MR) is 148 cm³/mol. The summed E-state index contributed by atoms with van der Waals surface area (Å²) in [5, 5.41) is 7.09. The Morgan fingerprint density at radius 1 is 1.18 bits per heavy atom. The van der Waals surface area contributed by atoms with E-state index >= 15 is 0 Å². The summed E-state index contributed by atoms with van der Waals surface area (Å²) in [5.41, 5.74) is 2.21. The van der Waals surface area contributed by atoms with Gasteiger partial charge in [0.25, 0.3) is 0 Å². The quantitative estimate of drug-likeness (QED) is 0.306. The molecule has 0 spiro atoms. The van der Waals surface area contributed by atoms with Crippen molar-refractivity contribution in [1.82, 2.24) is 14.9 Å². The first kappa shape index (κ1) is 27.2. The number of carbonyl (C=O) groups excluding carboxylic acids is 2. The third-order valence-corrected chi connectivity index (χ3v) is 6.41. The van der Waals surface area contributed by atoms with E-state index in [9.17, 15) is 9.59 Å². The van der Waals surface area contributed by atoms with Crippen molar-refractivity contribution in [3.8, 4) is 5.75 Å². The highest BCUT2D eigenvalue weighted by Gasteiger charge is 2.30. The van der Waals surface area contributed by atoms with E-state index in [0.717, 1.165) is 30.3 Å². The van der Waals surface area contributed by atoms with Crippen molar-refractivity contribution in [1.29, 1.82) is 0 Å². The predicted octanol–water partition coefficient (Wildman–Crippen LogP) is 4.23. The summed E-state index contributed by atoms with van der Waals surface area (Å²) < 4.78 is 11.0. The number of fused-ring (bicyclic) bond motifs is 1. The molecule has 0 saturated heterocycles. The number of amides is 1. The molecule has 1 atom stereocenters. The van der Waals surface area contributed by atoms with Gasteiger partial charge in [-0.15, -0.1) is 0 Å². The van der Waals surface area contributed by atoms with Gasteiger partial charge in [0.2, 0.25) is 5.91 Å². The summed E-state index contributed by atoms with van der Waals surface area (Å²) in [6.07, 6.45) is 6.60. The number of hydrogen-bond acceptors (Lipinski definition) is 8. The molecule has 0 aliphatic heterocycles. The van der Waals surface area contributed by atoms with Crippen LogP contribution in [-0.2, 0) is 14.3 Å². The van der Waals surface area contributed by atoms with E-state index in [-0.39, 0.29) is 30.3 Å². The zero-order valence-corrected chi connectivity index (χ0v) is 22.1. The van der Waals surface area contributed by atoms with E-state index in [0.29, 0.717) is 35.9 Å². The van der Waals surface area contributed by atoms with E-state index in [4.69, 9.17) is 9.47 Å². The van der Waals surface area contributed by atoms with Crippen LogP contribution >= 0.6 is 0 Å². The lowest BCUT2D eigenvalue weighted by atomic mass is 10.1. The number of carbonyl (C=O) groups is 2. The van der Waals surface area contributed by atoms with Crippen LogP contribution in [0.25, 0.3) is 10.9 Å². The van der Waals surface area contributed by atoms with Crippen LogP contribution in [0.1, 0.15) is 31.4 Å². The van der Waals surface area contributed by atoms with Crippen molar-refractivity contribution < 1.29 is 19.1 Å². The van der Waals surface area contributed by atoms with Gasteiger partial charge in [-0.2, -0.15) is 0 Å².